The van der Waals surface area contributed by atoms with Gasteiger partial charge >= 0.3 is 0 Å². The van der Waals surface area contributed by atoms with Crippen LogP contribution in [0.3, 0.4) is 0 Å². The smallest absolute Gasteiger partial charge is 0.0538 e. The van der Waals surface area contributed by atoms with Crippen LogP contribution in [-0.4, -0.2) is 34.3 Å². The van der Waals surface area contributed by atoms with E-state index in [1.54, 1.807) is 0 Å². The van der Waals surface area contributed by atoms with Crippen LogP contribution in [0, 0.1) is 5.92 Å². The number of hydrogen-bond acceptors (Lipinski definition) is 3. The highest BCUT2D eigenvalue weighted by atomic mass is 15.3. The molecule has 0 aromatic carbocycles. The highest BCUT2D eigenvalue weighted by Gasteiger charge is 2.28. The lowest BCUT2D eigenvalue weighted by Crippen LogP contribution is -2.40. The molecule has 1 atom stereocenters. The largest absolute Gasteiger partial charge is 0.329 e. The molecule has 1 saturated carbocycles. The summed E-state index contributed by atoms with van der Waals surface area (Å²) in [7, 11) is 2.24. The third kappa shape index (κ3) is 4.07. The van der Waals surface area contributed by atoms with E-state index < -0.39 is 0 Å². The fourth-order valence-electron chi connectivity index (χ4n) is 3.66. The first-order valence-corrected chi connectivity index (χ1v) is 8.63. The maximum atomic E-state index is 6.07. The van der Waals surface area contributed by atoms with Crippen molar-refractivity contribution in [3.63, 3.8) is 0 Å². The maximum absolute atomic E-state index is 6.07. The van der Waals surface area contributed by atoms with E-state index in [1.807, 2.05) is 10.9 Å². The molecule has 1 fully saturated rings. The average Bonchev–Trinajstić information content (AvgIpc) is 2.97. The van der Waals surface area contributed by atoms with Crippen LogP contribution in [0.1, 0.15) is 64.0 Å². The average molecular weight is 292 g/mol. The zero-order chi connectivity index (χ0) is 15.2. The molecule has 0 radical (unpaired) electrons. The summed E-state index contributed by atoms with van der Waals surface area (Å²) in [5, 5.41) is 4.46. The predicted molar refractivity (Wildman–Crippen MR) is 88.1 cm³/mol. The van der Waals surface area contributed by atoms with Crippen molar-refractivity contribution >= 4 is 0 Å². The van der Waals surface area contributed by atoms with Crippen molar-refractivity contribution in [2.45, 2.75) is 71.0 Å². The third-order valence-corrected chi connectivity index (χ3v) is 5.18. The molecule has 21 heavy (non-hydrogen) atoms. The number of nitrogens with two attached hydrogens (primary N) is 1. The van der Waals surface area contributed by atoms with Crippen LogP contribution in [0.15, 0.2) is 12.4 Å². The lowest BCUT2D eigenvalue weighted by molar-refractivity contribution is 0.122. The fourth-order valence-corrected chi connectivity index (χ4v) is 3.66. The standard InChI is InChI=1S/C17H32N4/c1-4-10-21-13-15(12-19-21)17(11-18)20(3)16-8-6-14(5-2)7-9-16/h12-14,16-17H,4-11,18H2,1-3H3. The van der Waals surface area contributed by atoms with Gasteiger partial charge in [0.05, 0.1) is 12.2 Å². The zero-order valence-electron chi connectivity index (χ0n) is 14.0. The summed E-state index contributed by atoms with van der Waals surface area (Å²) in [6, 6.07) is 0.981. The lowest BCUT2D eigenvalue weighted by atomic mass is 9.83. The minimum Gasteiger partial charge on any atom is -0.329 e. The molecule has 120 valence electrons. The van der Waals surface area contributed by atoms with Crippen LogP contribution in [0.25, 0.3) is 0 Å². The molecule has 1 heterocycles. The summed E-state index contributed by atoms with van der Waals surface area (Å²) in [5.74, 6) is 0.943. The molecule has 1 aliphatic rings. The molecule has 0 saturated heterocycles. The van der Waals surface area contributed by atoms with Crippen LogP contribution in [-0.2, 0) is 6.54 Å². The normalized spacial score (nSPS) is 24.4. The number of aryl methyl sites for hydroxylation is 1. The minimum absolute atomic E-state index is 0.304. The van der Waals surface area contributed by atoms with Gasteiger partial charge in [-0.15, -0.1) is 0 Å². The molecule has 1 aliphatic carbocycles. The van der Waals surface area contributed by atoms with Crippen LogP contribution >= 0.6 is 0 Å². The lowest BCUT2D eigenvalue weighted by Gasteiger charge is -2.38. The van der Waals surface area contributed by atoms with E-state index in [1.165, 1.54) is 37.7 Å². The van der Waals surface area contributed by atoms with E-state index in [9.17, 15) is 0 Å². The molecule has 0 spiro atoms. The number of rotatable bonds is 7. The third-order valence-electron chi connectivity index (χ3n) is 5.18. The Morgan fingerprint density at radius 3 is 2.62 bits per heavy atom. The number of likely N-dealkylation sites (N-methyl/N-ethyl adjacent to an activating group) is 1. The summed E-state index contributed by atoms with van der Waals surface area (Å²) in [6.45, 7) is 6.16. The van der Waals surface area contributed by atoms with Crippen LogP contribution in [0.5, 0.6) is 0 Å². The Morgan fingerprint density at radius 1 is 1.33 bits per heavy atom. The molecule has 2 rings (SSSR count). The second-order valence-corrected chi connectivity index (χ2v) is 6.54. The van der Waals surface area contributed by atoms with Gasteiger partial charge in [-0.1, -0.05) is 20.3 Å². The van der Waals surface area contributed by atoms with Gasteiger partial charge in [0, 0.05) is 30.9 Å². The summed E-state index contributed by atoms with van der Waals surface area (Å²) < 4.78 is 2.04. The van der Waals surface area contributed by atoms with Gasteiger partial charge in [0.25, 0.3) is 0 Å². The molecule has 0 bridgehead atoms. The van der Waals surface area contributed by atoms with Gasteiger partial charge in [0.1, 0.15) is 0 Å². The first-order chi connectivity index (χ1) is 10.2. The van der Waals surface area contributed by atoms with E-state index in [-0.39, 0.29) is 0 Å². The maximum Gasteiger partial charge on any atom is 0.0538 e. The predicted octanol–water partition coefficient (Wildman–Crippen LogP) is 3.19. The minimum atomic E-state index is 0.304. The second kappa shape index (κ2) is 7.95. The van der Waals surface area contributed by atoms with Crippen LogP contribution in [0.2, 0.25) is 0 Å². The first kappa shape index (κ1) is 16.5. The first-order valence-electron chi connectivity index (χ1n) is 8.63. The molecule has 0 aliphatic heterocycles. The van der Waals surface area contributed by atoms with Gasteiger partial charge in [-0.25, -0.2) is 0 Å². The van der Waals surface area contributed by atoms with E-state index in [2.05, 4.69) is 37.1 Å². The highest BCUT2D eigenvalue weighted by Crippen LogP contribution is 2.32. The van der Waals surface area contributed by atoms with Crippen molar-refractivity contribution < 1.29 is 0 Å². The van der Waals surface area contributed by atoms with Gasteiger partial charge in [0.15, 0.2) is 0 Å². The topological polar surface area (TPSA) is 47.1 Å². The van der Waals surface area contributed by atoms with E-state index >= 15 is 0 Å². The molecule has 4 heteroatoms. The van der Waals surface area contributed by atoms with Gasteiger partial charge in [-0.2, -0.15) is 5.10 Å². The molecule has 1 aromatic rings. The summed E-state index contributed by atoms with van der Waals surface area (Å²) in [6.07, 6.45) is 12.0. The Kier molecular flexibility index (Phi) is 6.24. The van der Waals surface area contributed by atoms with Crippen LogP contribution < -0.4 is 5.73 Å². The van der Waals surface area contributed by atoms with Gasteiger partial charge < -0.3 is 5.73 Å². The van der Waals surface area contributed by atoms with Gasteiger partial charge in [0.2, 0.25) is 0 Å². The fraction of sp³-hybridized carbons (Fsp3) is 0.824. The molecule has 2 N–H and O–H groups in total. The van der Waals surface area contributed by atoms with Gasteiger partial charge in [-0.3, -0.25) is 9.58 Å². The number of aromatic nitrogens is 2. The molecule has 1 unspecified atom stereocenters. The Labute approximate surface area is 129 Å². The SMILES string of the molecule is CCCn1cc(C(CN)N(C)C2CCC(CC)CC2)cn1. The molecular formula is C17H32N4. The number of nitrogens with zero attached hydrogens (tertiary/aromatic N) is 3. The Bertz CT molecular complexity index is 407. The van der Waals surface area contributed by atoms with Crippen LogP contribution in [0.4, 0.5) is 0 Å². The molecule has 4 nitrogen and oxygen atoms in total. The van der Waals surface area contributed by atoms with Crippen molar-refractivity contribution in [2.24, 2.45) is 11.7 Å². The molecular weight excluding hydrogens is 260 g/mol. The Balaban J connectivity index is 1.99. The highest BCUT2D eigenvalue weighted by molar-refractivity contribution is 5.11. The summed E-state index contributed by atoms with van der Waals surface area (Å²) >= 11 is 0. The molecule has 0 amide bonds. The molecule has 1 aromatic heterocycles. The van der Waals surface area contributed by atoms with Crippen molar-refractivity contribution in [3.8, 4) is 0 Å². The van der Waals surface area contributed by atoms with Crippen molar-refractivity contribution in [1.29, 1.82) is 0 Å². The Morgan fingerprint density at radius 2 is 2.05 bits per heavy atom. The second-order valence-electron chi connectivity index (χ2n) is 6.54. The summed E-state index contributed by atoms with van der Waals surface area (Å²) in [5.41, 5.74) is 7.34. The number of hydrogen-bond donors (Lipinski definition) is 1. The zero-order valence-corrected chi connectivity index (χ0v) is 14.0. The van der Waals surface area contributed by atoms with E-state index in [0.29, 0.717) is 18.6 Å². The van der Waals surface area contributed by atoms with Gasteiger partial charge in [-0.05, 0) is 45.1 Å². The van der Waals surface area contributed by atoms with E-state index in [0.717, 1.165) is 18.9 Å². The van der Waals surface area contributed by atoms with Crippen molar-refractivity contribution in [2.75, 3.05) is 13.6 Å². The van der Waals surface area contributed by atoms with Crippen molar-refractivity contribution in [1.82, 2.24) is 14.7 Å². The van der Waals surface area contributed by atoms with E-state index in [4.69, 9.17) is 5.73 Å². The van der Waals surface area contributed by atoms with Crippen molar-refractivity contribution in [3.05, 3.63) is 18.0 Å². The Hall–Kier alpha value is -0.870. The quantitative estimate of drug-likeness (QED) is 0.839. The monoisotopic (exact) mass is 292 g/mol. The summed E-state index contributed by atoms with van der Waals surface area (Å²) in [4.78, 5) is 2.50.